The number of rotatable bonds is 4. The zero-order valence-corrected chi connectivity index (χ0v) is 9.59. The summed E-state index contributed by atoms with van der Waals surface area (Å²) in [5.74, 6) is 0.328. The molecule has 0 heterocycles. The Balaban J connectivity index is 2.26. The predicted octanol–water partition coefficient (Wildman–Crippen LogP) is 2.86. The smallest absolute Gasteiger partial charge is 0.367 e. The number of alkyl halides is 3. The molecule has 16 heavy (non-hydrogen) atoms. The second-order valence-corrected chi connectivity index (χ2v) is 4.58. The highest BCUT2D eigenvalue weighted by atomic mass is 19.4. The van der Waals surface area contributed by atoms with Crippen LogP contribution in [0.4, 0.5) is 13.2 Å². The molecule has 2 unspecified atom stereocenters. The summed E-state index contributed by atoms with van der Waals surface area (Å²) < 4.78 is 41.3. The zero-order chi connectivity index (χ0) is 12.2. The second-order valence-electron chi connectivity index (χ2n) is 4.58. The fraction of sp³-hybridized carbons (Fsp3) is 1.00. The van der Waals surface area contributed by atoms with Gasteiger partial charge in [-0.15, -0.1) is 0 Å². The lowest BCUT2D eigenvalue weighted by molar-refractivity contribution is -0.215. The molecule has 2 N–H and O–H groups in total. The van der Waals surface area contributed by atoms with Crippen molar-refractivity contribution in [2.75, 3.05) is 6.61 Å². The van der Waals surface area contributed by atoms with Gasteiger partial charge < -0.3 is 10.5 Å². The van der Waals surface area contributed by atoms with Gasteiger partial charge in [-0.1, -0.05) is 19.3 Å². The largest absolute Gasteiger partial charge is 0.414 e. The van der Waals surface area contributed by atoms with Gasteiger partial charge in [0.25, 0.3) is 0 Å². The molecule has 2 atom stereocenters. The maximum Gasteiger partial charge on any atom is 0.414 e. The van der Waals surface area contributed by atoms with Crippen LogP contribution in [0.25, 0.3) is 0 Å². The Morgan fingerprint density at radius 2 is 1.81 bits per heavy atom. The molecule has 1 fully saturated rings. The molecule has 0 aliphatic heterocycles. The first-order valence-electron chi connectivity index (χ1n) is 5.85. The summed E-state index contributed by atoms with van der Waals surface area (Å²) in [6.45, 7) is 1.03. The van der Waals surface area contributed by atoms with Gasteiger partial charge in [-0.25, -0.2) is 0 Å². The summed E-state index contributed by atoms with van der Waals surface area (Å²) in [4.78, 5) is 0. The topological polar surface area (TPSA) is 35.2 Å². The van der Waals surface area contributed by atoms with Crippen LogP contribution in [0.5, 0.6) is 0 Å². The molecule has 1 rings (SSSR count). The Bertz CT molecular complexity index is 202. The molecule has 1 aliphatic rings. The molecule has 1 saturated carbocycles. The van der Waals surface area contributed by atoms with Crippen molar-refractivity contribution in [1.29, 1.82) is 0 Å². The van der Waals surface area contributed by atoms with Crippen LogP contribution in [0, 0.1) is 5.92 Å². The monoisotopic (exact) mass is 239 g/mol. The Morgan fingerprint density at radius 3 is 2.31 bits per heavy atom. The molecule has 96 valence electrons. The molecule has 0 aromatic rings. The van der Waals surface area contributed by atoms with E-state index in [2.05, 4.69) is 0 Å². The van der Waals surface area contributed by atoms with Gasteiger partial charge in [-0.3, -0.25) is 0 Å². The van der Waals surface area contributed by atoms with Gasteiger partial charge in [0.2, 0.25) is 0 Å². The minimum absolute atomic E-state index is 0.00530. The van der Waals surface area contributed by atoms with Crippen molar-refractivity contribution in [1.82, 2.24) is 0 Å². The second kappa shape index (κ2) is 5.87. The van der Waals surface area contributed by atoms with Crippen molar-refractivity contribution in [3.8, 4) is 0 Å². The lowest BCUT2D eigenvalue weighted by atomic mass is 9.84. The predicted molar refractivity (Wildman–Crippen MR) is 56.0 cm³/mol. The first kappa shape index (κ1) is 13.8. The molecular formula is C11H20F3NO. The van der Waals surface area contributed by atoms with E-state index in [1.165, 1.54) is 6.42 Å². The highest BCUT2D eigenvalue weighted by Crippen LogP contribution is 2.27. The molecule has 0 aromatic carbocycles. The van der Waals surface area contributed by atoms with Crippen LogP contribution >= 0.6 is 0 Å². The summed E-state index contributed by atoms with van der Waals surface area (Å²) in [6, 6.07) is -0.259. The number of halogens is 3. The highest BCUT2D eigenvalue weighted by Gasteiger charge is 2.37. The van der Waals surface area contributed by atoms with Crippen molar-refractivity contribution in [2.24, 2.45) is 11.7 Å². The first-order valence-corrected chi connectivity index (χ1v) is 5.85. The van der Waals surface area contributed by atoms with Gasteiger partial charge in [0.1, 0.15) is 0 Å². The van der Waals surface area contributed by atoms with Crippen LogP contribution in [0.3, 0.4) is 0 Å². The van der Waals surface area contributed by atoms with Crippen molar-refractivity contribution in [2.45, 2.75) is 57.3 Å². The Kier molecular flexibility index (Phi) is 5.05. The number of hydrogen-bond acceptors (Lipinski definition) is 2. The maximum absolute atomic E-state index is 12.2. The van der Waals surface area contributed by atoms with E-state index in [4.69, 9.17) is 10.5 Å². The van der Waals surface area contributed by atoms with Crippen LogP contribution in [0.1, 0.15) is 39.0 Å². The lowest BCUT2D eigenvalue weighted by Gasteiger charge is -2.28. The molecule has 0 spiro atoms. The number of ether oxygens (including phenoxy) is 1. The van der Waals surface area contributed by atoms with E-state index in [0.29, 0.717) is 5.92 Å². The summed E-state index contributed by atoms with van der Waals surface area (Å²) in [7, 11) is 0. The Morgan fingerprint density at radius 1 is 1.25 bits per heavy atom. The normalized spacial score (nSPS) is 23.1. The third-order valence-corrected chi connectivity index (χ3v) is 3.25. The molecule has 0 aromatic heterocycles. The third-order valence-electron chi connectivity index (χ3n) is 3.25. The molecule has 2 nitrogen and oxygen atoms in total. The minimum Gasteiger partial charge on any atom is -0.367 e. The van der Waals surface area contributed by atoms with E-state index in [1.54, 1.807) is 0 Å². The summed E-state index contributed by atoms with van der Waals surface area (Å²) >= 11 is 0. The quantitative estimate of drug-likeness (QED) is 0.818. The van der Waals surface area contributed by atoms with Crippen LogP contribution in [-0.4, -0.2) is 24.9 Å². The van der Waals surface area contributed by atoms with E-state index >= 15 is 0 Å². The van der Waals surface area contributed by atoms with Gasteiger partial charge in [0.15, 0.2) is 6.10 Å². The van der Waals surface area contributed by atoms with Crippen LogP contribution in [-0.2, 0) is 4.74 Å². The molecule has 1 aliphatic carbocycles. The molecule has 0 radical (unpaired) electrons. The summed E-state index contributed by atoms with van der Waals surface area (Å²) in [5.41, 5.74) is 5.85. The van der Waals surface area contributed by atoms with E-state index in [-0.39, 0.29) is 12.6 Å². The molecule has 0 bridgehead atoms. The van der Waals surface area contributed by atoms with Crippen molar-refractivity contribution in [3.05, 3.63) is 0 Å². The fourth-order valence-corrected chi connectivity index (χ4v) is 2.05. The van der Waals surface area contributed by atoms with Gasteiger partial charge in [-0.2, -0.15) is 13.2 Å². The average Bonchev–Trinajstić information content (AvgIpc) is 2.25. The maximum atomic E-state index is 12.2. The molecule has 0 saturated heterocycles. The van der Waals surface area contributed by atoms with E-state index in [0.717, 1.165) is 32.6 Å². The SMILES string of the molecule is CC(OCC(N)C1CCCCC1)C(F)(F)F. The van der Waals surface area contributed by atoms with Crippen LogP contribution in [0.15, 0.2) is 0 Å². The van der Waals surface area contributed by atoms with Crippen molar-refractivity contribution in [3.63, 3.8) is 0 Å². The molecule has 0 amide bonds. The van der Waals surface area contributed by atoms with E-state index in [9.17, 15) is 13.2 Å². The standard InChI is InChI=1S/C11H20F3NO/c1-8(11(12,13)14)16-7-10(15)9-5-3-2-4-6-9/h8-10H,2-7,15H2,1H3. The Labute approximate surface area is 94.3 Å². The van der Waals surface area contributed by atoms with Crippen LogP contribution in [0.2, 0.25) is 0 Å². The van der Waals surface area contributed by atoms with Crippen molar-refractivity contribution >= 4 is 0 Å². The molecule has 5 heteroatoms. The third kappa shape index (κ3) is 4.29. The van der Waals surface area contributed by atoms with E-state index < -0.39 is 12.3 Å². The highest BCUT2D eigenvalue weighted by molar-refractivity contribution is 4.76. The number of nitrogens with two attached hydrogens (primary N) is 1. The summed E-state index contributed by atoms with van der Waals surface area (Å²) in [5, 5.41) is 0. The number of hydrogen-bond donors (Lipinski definition) is 1. The molecular weight excluding hydrogens is 219 g/mol. The lowest BCUT2D eigenvalue weighted by Crippen LogP contribution is -2.39. The first-order chi connectivity index (χ1) is 7.41. The van der Waals surface area contributed by atoms with E-state index in [1.807, 2.05) is 0 Å². The summed E-state index contributed by atoms with van der Waals surface area (Å²) in [6.07, 6.45) is -0.493. The Hall–Kier alpha value is -0.290. The fourth-order valence-electron chi connectivity index (χ4n) is 2.05. The average molecular weight is 239 g/mol. The van der Waals surface area contributed by atoms with Gasteiger partial charge in [0.05, 0.1) is 6.61 Å². The minimum atomic E-state index is -4.29. The van der Waals surface area contributed by atoms with Crippen LogP contribution < -0.4 is 5.73 Å². The van der Waals surface area contributed by atoms with Gasteiger partial charge in [-0.05, 0) is 25.7 Å². The van der Waals surface area contributed by atoms with Gasteiger partial charge >= 0.3 is 6.18 Å². The van der Waals surface area contributed by atoms with Gasteiger partial charge in [0, 0.05) is 6.04 Å². The zero-order valence-electron chi connectivity index (χ0n) is 9.59. The van der Waals surface area contributed by atoms with Crippen molar-refractivity contribution < 1.29 is 17.9 Å².